The van der Waals surface area contributed by atoms with Crippen LogP contribution in [-0.2, 0) is 11.8 Å². The van der Waals surface area contributed by atoms with E-state index in [1.165, 1.54) is 6.08 Å². The Balaban J connectivity index is 1.82. The quantitative estimate of drug-likeness (QED) is 0.656. The first-order chi connectivity index (χ1) is 13.1. The zero-order chi connectivity index (χ0) is 19.2. The Kier molecular flexibility index (Phi) is 5.94. The number of nitrogens with zero attached hydrogens (tertiary/aromatic N) is 2. The molecule has 1 amide bonds. The van der Waals surface area contributed by atoms with Crippen molar-refractivity contribution >= 4 is 23.6 Å². The third kappa shape index (κ3) is 4.77. The highest BCUT2D eigenvalue weighted by Gasteiger charge is 2.19. The number of imidazole rings is 1. The van der Waals surface area contributed by atoms with Crippen molar-refractivity contribution in [3.63, 3.8) is 0 Å². The molecule has 0 bridgehead atoms. The number of methoxy groups -OCH3 is 1. The van der Waals surface area contributed by atoms with Crippen molar-refractivity contribution in [2.75, 3.05) is 7.11 Å². The second kappa shape index (κ2) is 8.56. The van der Waals surface area contributed by atoms with Crippen molar-refractivity contribution in [2.24, 2.45) is 7.05 Å². The molecule has 0 fully saturated rings. The fourth-order valence-corrected chi connectivity index (χ4v) is 2.92. The van der Waals surface area contributed by atoms with Gasteiger partial charge in [0.15, 0.2) is 0 Å². The van der Waals surface area contributed by atoms with Crippen molar-refractivity contribution in [1.29, 1.82) is 0 Å². The second-order valence-electron chi connectivity index (χ2n) is 6.00. The molecule has 1 aromatic heterocycles. The molecule has 0 saturated heterocycles. The van der Waals surface area contributed by atoms with Crippen molar-refractivity contribution < 1.29 is 9.53 Å². The number of aryl methyl sites for hydroxylation is 1. The molecule has 0 aliphatic rings. The topological polar surface area (TPSA) is 56.1 Å². The summed E-state index contributed by atoms with van der Waals surface area (Å²) in [5.74, 6) is 1.27. The monoisotopic (exact) mass is 381 g/mol. The predicted molar refractivity (Wildman–Crippen MR) is 107 cm³/mol. The third-order valence-electron chi connectivity index (χ3n) is 4.13. The van der Waals surface area contributed by atoms with Crippen LogP contribution in [0.3, 0.4) is 0 Å². The zero-order valence-corrected chi connectivity index (χ0v) is 15.9. The molecule has 5 nitrogen and oxygen atoms in total. The van der Waals surface area contributed by atoms with Gasteiger partial charge in [0, 0.05) is 30.5 Å². The maximum absolute atomic E-state index is 12.5. The van der Waals surface area contributed by atoms with E-state index in [0.717, 1.165) is 22.7 Å². The summed E-state index contributed by atoms with van der Waals surface area (Å²) < 4.78 is 7.10. The van der Waals surface area contributed by atoms with Crippen molar-refractivity contribution in [3.05, 3.63) is 89.0 Å². The van der Waals surface area contributed by atoms with Crippen LogP contribution in [0.4, 0.5) is 0 Å². The Morgan fingerprint density at radius 3 is 2.67 bits per heavy atom. The van der Waals surface area contributed by atoms with Crippen molar-refractivity contribution in [2.45, 2.75) is 6.04 Å². The van der Waals surface area contributed by atoms with E-state index in [4.69, 9.17) is 16.3 Å². The first-order valence-electron chi connectivity index (χ1n) is 8.42. The van der Waals surface area contributed by atoms with Gasteiger partial charge in [-0.3, -0.25) is 4.79 Å². The number of halogens is 1. The number of hydrogen-bond acceptors (Lipinski definition) is 3. The molecule has 6 heteroatoms. The molecular formula is C21H20ClN3O2. The number of benzene rings is 2. The van der Waals surface area contributed by atoms with E-state index < -0.39 is 0 Å². The van der Waals surface area contributed by atoms with E-state index in [2.05, 4.69) is 10.3 Å². The zero-order valence-electron chi connectivity index (χ0n) is 15.1. The molecule has 3 aromatic rings. The van der Waals surface area contributed by atoms with Crippen molar-refractivity contribution in [1.82, 2.24) is 14.9 Å². The van der Waals surface area contributed by atoms with Crippen LogP contribution in [0.2, 0.25) is 5.02 Å². The van der Waals surface area contributed by atoms with Crippen LogP contribution < -0.4 is 10.1 Å². The number of nitrogens with one attached hydrogen (secondary N) is 1. The lowest BCUT2D eigenvalue weighted by Crippen LogP contribution is -2.29. The summed E-state index contributed by atoms with van der Waals surface area (Å²) in [7, 11) is 3.51. The summed E-state index contributed by atoms with van der Waals surface area (Å²) in [5, 5.41) is 3.64. The molecule has 0 aliphatic heterocycles. The minimum atomic E-state index is -0.382. The van der Waals surface area contributed by atoms with Gasteiger partial charge >= 0.3 is 0 Å². The SMILES string of the molecule is COc1ccc(C(NC(=O)/C=C/c2cccc(Cl)c2)c2nccn2C)cc1. The molecule has 27 heavy (non-hydrogen) atoms. The normalized spacial score (nSPS) is 12.1. The number of carbonyl (C=O) groups excluding carboxylic acids is 1. The van der Waals surface area contributed by atoms with Crippen LogP contribution in [0.1, 0.15) is 23.0 Å². The molecule has 1 heterocycles. The Labute approximate surface area is 163 Å². The van der Waals surface area contributed by atoms with E-state index in [9.17, 15) is 4.79 Å². The van der Waals surface area contributed by atoms with E-state index in [1.807, 2.05) is 54.2 Å². The maximum atomic E-state index is 12.5. The van der Waals surface area contributed by atoms with E-state index in [-0.39, 0.29) is 11.9 Å². The van der Waals surface area contributed by atoms with Gasteiger partial charge in [-0.1, -0.05) is 35.9 Å². The van der Waals surface area contributed by atoms with Crippen LogP contribution >= 0.6 is 11.6 Å². The second-order valence-corrected chi connectivity index (χ2v) is 6.44. The minimum Gasteiger partial charge on any atom is -0.497 e. The molecule has 0 spiro atoms. The van der Waals surface area contributed by atoms with E-state index in [0.29, 0.717) is 5.02 Å². The molecule has 138 valence electrons. The lowest BCUT2D eigenvalue weighted by atomic mass is 10.1. The Bertz CT molecular complexity index is 948. The number of ether oxygens (including phenoxy) is 1. The summed E-state index contributed by atoms with van der Waals surface area (Å²) in [6.07, 6.45) is 6.77. The summed E-state index contributed by atoms with van der Waals surface area (Å²) in [6.45, 7) is 0. The Hall–Kier alpha value is -3.05. The lowest BCUT2D eigenvalue weighted by Gasteiger charge is -2.18. The average molecular weight is 382 g/mol. The van der Waals surface area contributed by atoms with Crippen LogP contribution in [0.5, 0.6) is 5.75 Å². The molecular weight excluding hydrogens is 362 g/mol. The smallest absolute Gasteiger partial charge is 0.244 e. The van der Waals surface area contributed by atoms with Gasteiger partial charge in [0.25, 0.3) is 0 Å². The van der Waals surface area contributed by atoms with Gasteiger partial charge in [-0.25, -0.2) is 4.98 Å². The average Bonchev–Trinajstić information content (AvgIpc) is 3.10. The molecule has 1 N–H and O–H groups in total. The standard InChI is InChI=1S/C21H20ClN3O2/c1-25-13-12-23-21(25)20(16-7-9-18(27-2)10-8-16)24-19(26)11-6-15-4-3-5-17(22)14-15/h3-14,20H,1-2H3,(H,24,26)/b11-6+. The van der Waals surface area contributed by atoms with Gasteiger partial charge < -0.3 is 14.6 Å². The highest BCUT2D eigenvalue weighted by Crippen LogP contribution is 2.23. The van der Waals surface area contributed by atoms with Gasteiger partial charge in [-0.2, -0.15) is 0 Å². The molecule has 0 saturated carbocycles. The number of amides is 1. The number of aromatic nitrogens is 2. The Morgan fingerprint density at radius 1 is 1.26 bits per heavy atom. The highest BCUT2D eigenvalue weighted by molar-refractivity contribution is 6.30. The van der Waals surface area contributed by atoms with Gasteiger partial charge in [-0.05, 0) is 41.5 Å². The van der Waals surface area contributed by atoms with Gasteiger partial charge in [0.05, 0.1) is 7.11 Å². The van der Waals surface area contributed by atoms with E-state index in [1.54, 1.807) is 31.5 Å². The largest absolute Gasteiger partial charge is 0.497 e. The molecule has 0 aliphatic carbocycles. The van der Waals surface area contributed by atoms with Crippen LogP contribution in [0.25, 0.3) is 6.08 Å². The van der Waals surface area contributed by atoms with Gasteiger partial charge in [-0.15, -0.1) is 0 Å². The molecule has 1 unspecified atom stereocenters. The number of hydrogen-bond donors (Lipinski definition) is 1. The summed E-state index contributed by atoms with van der Waals surface area (Å²) >= 11 is 5.98. The van der Waals surface area contributed by atoms with Crippen LogP contribution in [-0.4, -0.2) is 22.6 Å². The van der Waals surface area contributed by atoms with Gasteiger partial charge in [0.1, 0.15) is 17.6 Å². The Morgan fingerprint density at radius 2 is 2.04 bits per heavy atom. The lowest BCUT2D eigenvalue weighted by molar-refractivity contribution is -0.117. The first-order valence-corrected chi connectivity index (χ1v) is 8.80. The highest BCUT2D eigenvalue weighted by atomic mass is 35.5. The van der Waals surface area contributed by atoms with E-state index >= 15 is 0 Å². The summed E-state index contributed by atoms with van der Waals surface area (Å²) in [6, 6.07) is 14.5. The first kappa shape index (κ1) is 18.7. The maximum Gasteiger partial charge on any atom is 0.244 e. The number of rotatable bonds is 6. The molecule has 0 radical (unpaired) electrons. The molecule has 3 rings (SSSR count). The van der Waals surface area contributed by atoms with Crippen molar-refractivity contribution in [3.8, 4) is 5.75 Å². The van der Waals surface area contributed by atoms with Gasteiger partial charge in [0.2, 0.25) is 5.91 Å². The predicted octanol–water partition coefficient (Wildman–Crippen LogP) is 4.00. The number of carbonyl (C=O) groups is 1. The summed E-state index contributed by atoms with van der Waals surface area (Å²) in [4.78, 5) is 16.9. The van der Waals surface area contributed by atoms with Crippen LogP contribution in [0.15, 0.2) is 67.0 Å². The molecule has 2 aromatic carbocycles. The summed E-state index contributed by atoms with van der Waals surface area (Å²) in [5.41, 5.74) is 1.77. The molecule has 1 atom stereocenters. The fraction of sp³-hybridized carbons (Fsp3) is 0.143. The van der Waals surface area contributed by atoms with Crippen LogP contribution in [0, 0.1) is 0 Å². The fourth-order valence-electron chi connectivity index (χ4n) is 2.72. The third-order valence-corrected chi connectivity index (χ3v) is 4.36. The minimum absolute atomic E-state index is 0.223.